The van der Waals surface area contributed by atoms with Crippen molar-refractivity contribution in [2.75, 3.05) is 5.73 Å². The number of phenolic OH excluding ortho intramolecular Hbond substituents is 1. The maximum absolute atomic E-state index is 9.41. The van der Waals surface area contributed by atoms with E-state index in [1.54, 1.807) is 12.1 Å². The minimum Gasteiger partial charge on any atom is -0.508 e. The van der Waals surface area contributed by atoms with E-state index in [1.807, 2.05) is 6.07 Å². The number of nitriles is 1. The molecule has 0 amide bonds. The normalized spacial score (nSPS) is 9.82. The number of benzene rings is 1. The summed E-state index contributed by atoms with van der Waals surface area (Å²) in [6.07, 6.45) is 0. The minimum atomic E-state index is 0.0783. The SMILES string of the molecule is N#Cc1c(N)nc(=S)[nH]c1-c1cccc(O)c1. The molecule has 0 radical (unpaired) electrons. The van der Waals surface area contributed by atoms with Gasteiger partial charge in [-0.05, 0) is 24.4 Å². The fourth-order valence-electron chi connectivity index (χ4n) is 1.48. The molecular formula is C11H8N4OS. The van der Waals surface area contributed by atoms with Gasteiger partial charge in [0.25, 0.3) is 0 Å². The monoisotopic (exact) mass is 244 g/mol. The van der Waals surface area contributed by atoms with Crippen LogP contribution in [0.1, 0.15) is 5.56 Å². The summed E-state index contributed by atoms with van der Waals surface area (Å²) < 4.78 is 0.194. The number of rotatable bonds is 1. The summed E-state index contributed by atoms with van der Waals surface area (Å²) in [5.74, 6) is 0.177. The number of nitrogen functional groups attached to an aromatic ring is 1. The zero-order valence-corrected chi connectivity index (χ0v) is 9.45. The highest BCUT2D eigenvalue weighted by Gasteiger charge is 2.10. The molecule has 0 aliphatic rings. The number of aromatic amines is 1. The van der Waals surface area contributed by atoms with Crippen molar-refractivity contribution in [2.24, 2.45) is 0 Å². The first-order valence-electron chi connectivity index (χ1n) is 4.71. The topological polar surface area (TPSA) is 98.7 Å². The van der Waals surface area contributed by atoms with Crippen molar-refractivity contribution >= 4 is 18.0 Å². The molecule has 6 heteroatoms. The lowest BCUT2D eigenvalue weighted by atomic mass is 10.1. The molecule has 0 spiro atoms. The molecule has 0 aliphatic heterocycles. The molecule has 0 aliphatic carbocycles. The second kappa shape index (κ2) is 4.23. The third-order valence-electron chi connectivity index (χ3n) is 2.21. The predicted octanol–water partition coefficient (Wildman–Crippen LogP) is 1.97. The zero-order valence-electron chi connectivity index (χ0n) is 8.64. The van der Waals surface area contributed by atoms with E-state index in [4.69, 9.17) is 23.2 Å². The van der Waals surface area contributed by atoms with Gasteiger partial charge in [-0.3, -0.25) is 0 Å². The molecule has 2 rings (SSSR count). The van der Waals surface area contributed by atoms with Gasteiger partial charge in [0.1, 0.15) is 23.2 Å². The number of nitrogens with one attached hydrogen (secondary N) is 1. The van der Waals surface area contributed by atoms with E-state index >= 15 is 0 Å². The first-order chi connectivity index (χ1) is 8.11. The van der Waals surface area contributed by atoms with Crippen LogP contribution in [0, 0.1) is 16.1 Å². The fraction of sp³-hybridized carbons (Fsp3) is 0. The Morgan fingerprint density at radius 3 is 2.88 bits per heavy atom. The van der Waals surface area contributed by atoms with Gasteiger partial charge in [0.2, 0.25) is 0 Å². The lowest BCUT2D eigenvalue weighted by Crippen LogP contribution is -2.00. The van der Waals surface area contributed by atoms with Gasteiger partial charge in [0, 0.05) is 5.56 Å². The van der Waals surface area contributed by atoms with Gasteiger partial charge in [-0.2, -0.15) is 5.26 Å². The molecule has 17 heavy (non-hydrogen) atoms. The zero-order chi connectivity index (χ0) is 12.4. The molecule has 2 aromatic rings. The van der Waals surface area contributed by atoms with Crippen LogP contribution in [-0.2, 0) is 0 Å². The first kappa shape index (κ1) is 11.1. The lowest BCUT2D eigenvalue weighted by Gasteiger charge is -2.06. The summed E-state index contributed by atoms with van der Waals surface area (Å²) >= 11 is 4.91. The van der Waals surface area contributed by atoms with Gasteiger partial charge in [-0.15, -0.1) is 0 Å². The number of phenols is 1. The summed E-state index contributed by atoms with van der Waals surface area (Å²) in [7, 11) is 0. The summed E-state index contributed by atoms with van der Waals surface area (Å²) in [5, 5.41) is 18.4. The molecule has 0 unspecified atom stereocenters. The third kappa shape index (κ3) is 2.09. The van der Waals surface area contributed by atoms with Crippen LogP contribution in [0.15, 0.2) is 24.3 Å². The fourth-order valence-corrected chi connectivity index (χ4v) is 1.68. The van der Waals surface area contributed by atoms with Crippen molar-refractivity contribution in [1.82, 2.24) is 9.97 Å². The van der Waals surface area contributed by atoms with Crippen LogP contribution < -0.4 is 5.73 Å². The van der Waals surface area contributed by atoms with E-state index in [0.29, 0.717) is 11.3 Å². The van der Waals surface area contributed by atoms with Crippen molar-refractivity contribution in [2.45, 2.75) is 0 Å². The quantitative estimate of drug-likeness (QED) is 0.666. The highest BCUT2D eigenvalue weighted by atomic mass is 32.1. The van der Waals surface area contributed by atoms with E-state index in [1.165, 1.54) is 12.1 Å². The summed E-state index contributed by atoms with van der Waals surface area (Å²) in [6.45, 7) is 0. The molecule has 1 aromatic heterocycles. The van der Waals surface area contributed by atoms with Crippen molar-refractivity contribution in [3.63, 3.8) is 0 Å². The number of hydrogen-bond donors (Lipinski definition) is 3. The molecule has 0 fully saturated rings. The van der Waals surface area contributed by atoms with Gasteiger partial charge in [0.15, 0.2) is 4.77 Å². The van der Waals surface area contributed by atoms with E-state index in [-0.39, 0.29) is 21.9 Å². The third-order valence-corrected chi connectivity index (χ3v) is 2.40. The molecule has 1 aromatic carbocycles. The highest BCUT2D eigenvalue weighted by molar-refractivity contribution is 7.71. The summed E-state index contributed by atoms with van der Waals surface area (Å²) in [5.41, 5.74) is 6.92. The second-order valence-corrected chi connectivity index (χ2v) is 3.73. The van der Waals surface area contributed by atoms with Gasteiger partial charge in [0.05, 0.1) is 5.69 Å². The number of hydrogen-bond acceptors (Lipinski definition) is 5. The maximum Gasteiger partial charge on any atom is 0.199 e. The first-order valence-corrected chi connectivity index (χ1v) is 5.12. The standard InChI is InChI=1S/C11H8N4OS/c12-5-8-9(14-11(17)15-10(8)13)6-2-1-3-7(16)4-6/h1-4,16H,(H3,13,14,15,17). The Morgan fingerprint density at radius 2 is 2.24 bits per heavy atom. The van der Waals surface area contributed by atoms with Crippen molar-refractivity contribution in [1.29, 1.82) is 5.26 Å². The Hall–Kier alpha value is -2.39. The van der Waals surface area contributed by atoms with Gasteiger partial charge < -0.3 is 15.8 Å². The van der Waals surface area contributed by atoms with E-state index in [2.05, 4.69) is 9.97 Å². The smallest absolute Gasteiger partial charge is 0.199 e. The van der Waals surface area contributed by atoms with Crippen LogP contribution in [0.5, 0.6) is 5.75 Å². The number of nitrogens with two attached hydrogens (primary N) is 1. The largest absolute Gasteiger partial charge is 0.508 e. The van der Waals surface area contributed by atoms with Crippen LogP contribution in [0.2, 0.25) is 0 Å². The van der Waals surface area contributed by atoms with Crippen molar-refractivity contribution < 1.29 is 5.11 Å². The predicted molar refractivity (Wildman–Crippen MR) is 65.6 cm³/mol. The Morgan fingerprint density at radius 1 is 1.47 bits per heavy atom. The Kier molecular flexibility index (Phi) is 2.77. The van der Waals surface area contributed by atoms with Crippen LogP contribution in [-0.4, -0.2) is 15.1 Å². The Bertz CT molecular complexity index is 672. The molecule has 0 saturated carbocycles. The molecular weight excluding hydrogens is 236 g/mol. The van der Waals surface area contributed by atoms with Crippen LogP contribution in [0.3, 0.4) is 0 Å². The number of anilines is 1. The van der Waals surface area contributed by atoms with E-state index in [0.717, 1.165) is 0 Å². The molecule has 0 saturated heterocycles. The van der Waals surface area contributed by atoms with Crippen molar-refractivity contribution in [3.8, 4) is 23.1 Å². The maximum atomic E-state index is 9.41. The summed E-state index contributed by atoms with van der Waals surface area (Å²) in [6, 6.07) is 8.42. The van der Waals surface area contributed by atoms with Crippen molar-refractivity contribution in [3.05, 3.63) is 34.6 Å². The number of H-pyrrole nitrogens is 1. The minimum absolute atomic E-state index is 0.0783. The molecule has 0 bridgehead atoms. The molecule has 5 nitrogen and oxygen atoms in total. The molecule has 4 N–H and O–H groups in total. The number of aromatic nitrogens is 2. The van der Waals surface area contributed by atoms with Crippen LogP contribution in [0.25, 0.3) is 11.3 Å². The van der Waals surface area contributed by atoms with Gasteiger partial charge >= 0.3 is 0 Å². The average Bonchev–Trinajstić information content (AvgIpc) is 2.28. The van der Waals surface area contributed by atoms with E-state index in [9.17, 15) is 5.11 Å². The van der Waals surface area contributed by atoms with Crippen LogP contribution >= 0.6 is 12.2 Å². The van der Waals surface area contributed by atoms with E-state index < -0.39 is 0 Å². The highest BCUT2D eigenvalue weighted by Crippen LogP contribution is 2.26. The van der Waals surface area contributed by atoms with Gasteiger partial charge in [-0.25, -0.2) is 4.98 Å². The van der Waals surface area contributed by atoms with Crippen LogP contribution in [0.4, 0.5) is 5.82 Å². The number of nitrogens with zero attached hydrogens (tertiary/aromatic N) is 2. The lowest BCUT2D eigenvalue weighted by molar-refractivity contribution is 0.475. The second-order valence-electron chi connectivity index (χ2n) is 3.34. The average molecular weight is 244 g/mol. The molecule has 1 heterocycles. The molecule has 0 atom stereocenters. The Labute approximate surface area is 102 Å². The summed E-state index contributed by atoms with van der Waals surface area (Å²) in [4.78, 5) is 6.61. The number of aromatic hydroxyl groups is 1. The van der Waals surface area contributed by atoms with Gasteiger partial charge in [-0.1, -0.05) is 12.1 Å². The Balaban J connectivity index is 2.76. The molecule has 84 valence electrons.